The first-order valence-electron chi connectivity index (χ1n) is 8.82. The Balaban J connectivity index is 1.87. The highest BCUT2D eigenvalue weighted by Crippen LogP contribution is 2.26. The van der Waals surface area contributed by atoms with Crippen LogP contribution in [0.2, 0.25) is 0 Å². The Morgan fingerprint density at radius 2 is 1.79 bits per heavy atom. The summed E-state index contributed by atoms with van der Waals surface area (Å²) >= 11 is 0. The molecule has 0 bridgehead atoms. The largest absolute Gasteiger partial charge is 0.325 e. The van der Waals surface area contributed by atoms with Crippen LogP contribution >= 0.6 is 0 Å². The molecule has 1 heterocycles. The Morgan fingerprint density at radius 3 is 2.45 bits per heavy atom. The van der Waals surface area contributed by atoms with Gasteiger partial charge in [0.1, 0.15) is 29.8 Å². The summed E-state index contributed by atoms with van der Waals surface area (Å²) in [5.74, 6) is -3.65. The highest BCUT2D eigenvalue weighted by molar-refractivity contribution is 7.90. The van der Waals surface area contributed by atoms with Crippen LogP contribution in [-0.2, 0) is 15.6 Å². The molecular formula is C20H18F4N2O2S. The second-order valence-corrected chi connectivity index (χ2v) is 8.81. The minimum absolute atomic E-state index is 0.0199. The summed E-state index contributed by atoms with van der Waals surface area (Å²) in [6.07, 6.45) is 1.46. The number of hydrogen-bond donors (Lipinski definition) is 0. The first kappa shape index (κ1) is 21.0. The Kier molecular flexibility index (Phi) is 6.07. The van der Waals surface area contributed by atoms with Crippen LogP contribution < -0.4 is 4.90 Å². The van der Waals surface area contributed by atoms with Crippen LogP contribution in [-0.4, -0.2) is 26.6 Å². The van der Waals surface area contributed by atoms with Crippen LogP contribution in [0.4, 0.5) is 23.2 Å². The minimum atomic E-state index is -3.39. The lowest BCUT2D eigenvalue weighted by molar-refractivity contribution is 0.580. The molecule has 0 N–H and O–H groups in total. The highest BCUT2D eigenvalue weighted by Gasteiger charge is 2.21. The lowest BCUT2D eigenvalue weighted by Gasteiger charge is -2.24. The summed E-state index contributed by atoms with van der Waals surface area (Å²) in [7, 11) is -3.39. The number of nitrogens with zero attached hydrogens (tertiary/aromatic N) is 2. The van der Waals surface area contributed by atoms with Crippen LogP contribution in [0.1, 0.15) is 24.5 Å². The third-order valence-electron chi connectivity index (χ3n) is 4.24. The topological polar surface area (TPSA) is 49.7 Å². The van der Waals surface area contributed by atoms with Gasteiger partial charge in [-0.05, 0) is 42.3 Å². The lowest BCUT2D eigenvalue weighted by atomic mass is 10.1. The first-order valence-corrected chi connectivity index (χ1v) is 10.6. The van der Waals surface area contributed by atoms with Crippen molar-refractivity contribution in [2.24, 2.45) is 4.99 Å². The van der Waals surface area contributed by atoms with E-state index in [1.807, 2.05) is 0 Å². The zero-order chi connectivity index (χ0) is 21.2. The Bertz CT molecular complexity index is 1100. The molecule has 154 valence electrons. The summed E-state index contributed by atoms with van der Waals surface area (Å²) in [6.45, 7) is 1.58. The molecule has 1 aliphatic rings. The van der Waals surface area contributed by atoms with E-state index in [0.29, 0.717) is 12.5 Å². The van der Waals surface area contributed by atoms with Gasteiger partial charge in [0.15, 0.2) is 15.7 Å². The van der Waals surface area contributed by atoms with Crippen molar-refractivity contribution in [2.75, 3.05) is 17.3 Å². The van der Waals surface area contributed by atoms with Crippen molar-refractivity contribution in [3.05, 3.63) is 77.0 Å². The number of sulfone groups is 1. The molecule has 0 saturated heterocycles. The van der Waals surface area contributed by atoms with Gasteiger partial charge in [-0.2, -0.15) is 0 Å². The maximum Gasteiger partial charge on any atom is 0.165 e. The first-order chi connectivity index (χ1) is 13.7. The molecule has 0 unspecified atom stereocenters. The number of aliphatic imine (C=N–C) groups is 1. The zero-order valence-electron chi connectivity index (χ0n) is 15.5. The van der Waals surface area contributed by atoms with Crippen molar-refractivity contribution in [2.45, 2.75) is 19.1 Å². The molecule has 0 saturated carbocycles. The van der Waals surface area contributed by atoms with Crippen molar-refractivity contribution < 1.29 is 26.0 Å². The van der Waals surface area contributed by atoms with Gasteiger partial charge in [0, 0.05) is 23.5 Å². The lowest BCUT2D eigenvalue weighted by Crippen LogP contribution is -2.24. The number of halogens is 4. The molecule has 0 radical (unpaired) electrons. The minimum Gasteiger partial charge on any atom is -0.325 e. The SMILES string of the molecule is CCCS(=O)(=O)Cc1cc(F)cc(N2C=C(F)C(c3ccc(F)cc3F)=NC2)c1. The average Bonchev–Trinajstić information content (AvgIpc) is 2.61. The zero-order valence-corrected chi connectivity index (χ0v) is 16.3. The summed E-state index contributed by atoms with van der Waals surface area (Å²) in [6, 6.07) is 6.40. The normalized spacial score (nSPS) is 14.6. The van der Waals surface area contributed by atoms with Crippen molar-refractivity contribution in [3.8, 4) is 0 Å². The number of allylic oxidation sites excluding steroid dienone is 1. The Morgan fingerprint density at radius 1 is 1.03 bits per heavy atom. The van der Waals surface area contributed by atoms with Gasteiger partial charge in [0.2, 0.25) is 0 Å². The molecular weight excluding hydrogens is 408 g/mol. The third kappa shape index (κ3) is 5.03. The quantitative estimate of drug-likeness (QED) is 0.639. The van der Waals surface area contributed by atoms with Crippen LogP contribution in [0.15, 0.2) is 53.4 Å². The smallest absolute Gasteiger partial charge is 0.165 e. The van der Waals surface area contributed by atoms with E-state index in [0.717, 1.165) is 30.5 Å². The molecule has 0 fully saturated rings. The van der Waals surface area contributed by atoms with Gasteiger partial charge in [-0.25, -0.2) is 26.0 Å². The molecule has 3 rings (SSSR count). The maximum atomic E-state index is 14.6. The fourth-order valence-corrected chi connectivity index (χ4v) is 4.47. The van der Waals surface area contributed by atoms with Gasteiger partial charge in [-0.1, -0.05) is 6.92 Å². The van der Waals surface area contributed by atoms with Crippen molar-refractivity contribution in [1.82, 2.24) is 0 Å². The van der Waals surface area contributed by atoms with E-state index in [9.17, 15) is 26.0 Å². The van der Waals surface area contributed by atoms with Gasteiger partial charge >= 0.3 is 0 Å². The van der Waals surface area contributed by atoms with Crippen molar-refractivity contribution in [3.63, 3.8) is 0 Å². The molecule has 0 aromatic heterocycles. The van der Waals surface area contributed by atoms with E-state index in [-0.39, 0.29) is 40.7 Å². The second-order valence-electron chi connectivity index (χ2n) is 6.63. The molecule has 9 heteroatoms. The third-order valence-corrected chi connectivity index (χ3v) is 6.04. The summed E-state index contributed by atoms with van der Waals surface area (Å²) in [5.41, 5.74) is -0.0165. The van der Waals surface area contributed by atoms with Gasteiger partial charge < -0.3 is 4.90 Å². The molecule has 0 atom stereocenters. The summed E-state index contributed by atoms with van der Waals surface area (Å²) in [5, 5.41) is 0. The monoisotopic (exact) mass is 426 g/mol. The van der Waals surface area contributed by atoms with E-state index in [2.05, 4.69) is 4.99 Å². The standard InChI is InChI=1S/C20H18F4N2O2S/c1-2-5-29(27,28)11-13-6-15(22)8-16(7-13)26-10-19(24)20(25-12-26)17-4-3-14(21)9-18(17)23/h3-4,6-10H,2,5,11-12H2,1H3. The predicted molar refractivity (Wildman–Crippen MR) is 104 cm³/mol. The average molecular weight is 426 g/mol. The number of rotatable bonds is 6. The predicted octanol–water partition coefficient (Wildman–Crippen LogP) is 4.51. The van der Waals surface area contributed by atoms with Crippen LogP contribution in [0.3, 0.4) is 0 Å². The van der Waals surface area contributed by atoms with E-state index in [4.69, 9.17) is 0 Å². The van der Waals surface area contributed by atoms with Gasteiger partial charge in [-0.15, -0.1) is 0 Å². The number of benzene rings is 2. The molecule has 1 aliphatic heterocycles. The van der Waals surface area contributed by atoms with Gasteiger partial charge in [0.25, 0.3) is 0 Å². The molecule has 29 heavy (non-hydrogen) atoms. The molecule has 0 spiro atoms. The van der Waals surface area contributed by atoms with Crippen LogP contribution in [0.5, 0.6) is 0 Å². The van der Waals surface area contributed by atoms with Crippen molar-refractivity contribution in [1.29, 1.82) is 0 Å². The summed E-state index contributed by atoms with van der Waals surface area (Å²) in [4.78, 5) is 5.27. The van der Waals surface area contributed by atoms with E-state index < -0.39 is 33.1 Å². The maximum absolute atomic E-state index is 14.6. The molecule has 4 nitrogen and oxygen atoms in total. The van der Waals surface area contributed by atoms with Crippen LogP contribution in [0.25, 0.3) is 0 Å². The van der Waals surface area contributed by atoms with Crippen molar-refractivity contribution >= 4 is 21.2 Å². The van der Waals surface area contributed by atoms with E-state index in [1.165, 1.54) is 11.0 Å². The number of hydrogen-bond acceptors (Lipinski definition) is 4. The molecule has 0 aliphatic carbocycles. The second kappa shape index (κ2) is 8.36. The van der Waals surface area contributed by atoms with E-state index in [1.54, 1.807) is 6.92 Å². The fraction of sp³-hybridized carbons (Fsp3) is 0.250. The van der Waals surface area contributed by atoms with Gasteiger partial charge in [0.05, 0.1) is 11.5 Å². The molecule has 0 amide bonds. The van der Waals surface area contributed by atoms with E-state index >= 15 is 0 Å². The van der Waals surface area contributed by atoms with Gasteiger partial charge in [-0.3, -0.25) is 4.99 Å². The molecule has 2 aromatic rings. The number of anilines is 1. The Labute approximate surface area is 166 Å². The van der Waals surface area contributed by atoms with Crippen LogP contribution in [0, 0.1) is 17.5 Å². The fourth-order valence-electron chi connectivity index (χ4n) is 3.03. The molecule has 2 aromatic carbocycles. The highest BCUT2D eigenvalue weighted by atomic mass is 32.2. The Hall–Kier alpha value is -2.68. The summed E-state index contributed by atoms with van der Waals surface area (Å²) < 4.78 is 79.6.